The highest BCUT2D eigenvalue weighted by Crippen LogP contribution is 2.44. The molecule has 0 saturated carbocycles. The lowest BCUT2D eigenvalue weighted by molar-refractivity contribution is 0.471. The predicted octanol–water partition coefficient (Wildman–Crippen LogP) is 14.9. The molecule has 0 bridgehead atoms. The van der Waals surface area contributed by atoms with Crippen LogP contribution in [0.5, 0.6) is 5.75 Å². The maximum absolute atomic E-state index is 12.0. The molecule has 0 unspecified atom stereocenters. The van der Waals surface area contributed by atoms with E-state index in [0.717, 1.165) is 67.6 Å². The molecule has 0 fully saturated rings. The largest absolute Gasteiger partial charge is 0.507 e. The van der Waals surface area contributed by atoms with Crippen LogP contribution < -0.4 is 0 Å². The molecule has 0 amide bonds. The minimum absolute atomic E-state index is 0.00261. The van der Waals surface area contributed by atoms with E-state index in [1.165, 1.54) is 5.56 Å². The molecule has 8 aromatic rings. The van der Waals surface area contributed by atoms with Crippen molar-refractivity contribution in [1.29, 1.82) is 0 Å². The van der Waals surface area contributed by atoms with Crippen molar-refractivity contribution in [2.24, 2.45) is 5.92 Å². The molecule has 6 aromatic carbocycles. The number of phenolic OH excluding ortho intramolecular Hbond substituents is 1. The third-order valence-electron chi connectivity index (χ3n) is 11.2. The Labute approximate surface area is 366 Å². The normalized spacial score (nSPS) is 14.0. The molecule has 0 radical (unpaired) electrons. The summed E-state index contributed by atoms with van der Waals surface area (Å²) in [4.78, 5) is 10.3. The standard InChI is InChI=1S/C56H57N3O/c1-35(2)27-38-21-24-50(47(29-38)40-15-12-11-13-16-40)59-51-18-14-17-46(52(51)58-54(59)48-34-44(55(5,6)7)28-37(4)53(48)60)42-30-43(32-45(31-42)56(8,9)10)49-33-41(25-26-57-49)39-22-19-36(3)20-23-39/h11-26,28-35,60H,27H2,1-10H3/i3D3,19D,20D,22D,23D. The summed E-state index contributed by atoms with van der Waals surface area (Å²) < 4.78 is 60.7. The molecule has 4 heteroatoms. The van der Waals surface area contributed by atoms with E-state index in [9.17, 15) is 5.11 Å². The molecule has 0 aliphatic heterocycles. The lowest BCUT2D eigenvalue weighted by Crippen LogP contribution is -2.12. The lowest BCUT2D eigenvalue weighted by Gasteiger charge is -2.22. The highest BCUT2D eigenvalue weighted by molar-refractivity contribution is 5.98. The molecule has 2 heterocycles. The maximum Gasteiger partial charge on any atom is 0.149 e. The average molecular weight is 795 g/mol. The van der Waals surface area contributed by atoms with Gasteiger partial charge in [0.25, 0.3) is 0 Å². The van der Waals surface area contributed by atoms with Gasteiger partial charge in [-0.1, -0.05) is 146 Å². The number of hydrogen-bond donors (Lipinski definition) is 1. The SMILES string of the molecule is [2H]c1c([2H])c(C([2H])([2H])[2H])c([2H])c([2H])c1-c1ccnc(-c2cc(-c3cccc4c3nc(-c3cc(C(C)(C)C)cc(C)c3O)n4-c3ccc(CC(C)C)cc3-c3ccccc3)cc(C(C)(C)C)c2)c1. The van der Waals surface area contributed by atoms with E-state index in [-0.39, 0.29) is 22.1 Å². The van der Waals surface area contributed by atoms with Crippen LogP contribution in [0.2, 0.25) is 0 Å². The van der Waals surface area contributed by atoms with Crippen LogP contribution in [0.15, 0.2) is 140 Å². The zero-order valence-electron chi connectivity index (χ0n) is 43.0. The quantitative estimate of drug-likeness (QED) is 0.167. The molecule has 0 atom stereocenters. The van der Waals surface area contributed by atoms with Crippen molar-refractivity contribution in [2.75, 3.05) is 0 Å². The summed E-state index contributed by atoms with van der Waals surface area (Å²) in [7, 11) is 0. The van der Waals surface area contributed by atoms with Crippen molar-refractivity contribution in [1.82, 2.24) is 14.5 Å². The van der Waals surface area contributed by atoms with Crippen LogP contribution in [-0.4, -0.2) is 19.6 Å². The van der Waals surface area contributed by atoms with Crippen LogP contribution in [-0.2, 0) is 17.3 Å². The average Bonchev–Trinajstić information content (AvgIpc) is 3.65. The molecule has 2 aromatic heterocycles. The molecular weight excluding hydrogens is 731 g/mol. The number of pyridine rings is 1. The number of fused-ring (bicyclic) bond motifs is 1. The number of aromatic hydroxyl groups is 1. The van der Waals surface area contributed by atoms with Crippen LogP contribution in [0.3, 0.4) is 0 Å². The molecule has 1 N–H and O–H groups in total. The van der Waals surface area contributed by atoms with Gasteiger partial charge in [-0.15, -0.1) is 0 Å². The molecule has 60 heavy (non-hydrogen) atoms. The van der Waals surface area contributed by atoms with Crippen LogP contribution >= 0.6 is 0 Å². The number of imidazole rings is 1. The Hall–Kier alpha value is -6.26. The van der Waals surface area contributed by atoms with Gasteiger partial charge in [0.05, 0.1) is 33.5 Å². The number of rotatable bonds is 8. The number of para-hydroxylation sites is 1. The van der Waals surface area contributed by atoms with Gasteiger partial charge in [-0.2, -0.15) is 0 Å². The first kappa shape index (κ1) is 32.6. The molecule has 0 spiro atoms. The zero-order chi connectivity index (χ0) is 48.5. The number of nitrogens with zero attached hydrogens (tertiary/aromatic N) is 3. The van der Waals surface area contributed by atoms with Crippen molar-refractivity contribution in [3.8, 4) is 67.5 Å². The maximum atomic E-state index is 12.0. The summed E-state index contributed by atoms with van der Waals surface area (Å²) in [5, 5.41) is 12.0. The minimum atomic E-state index is -2.82. The van der Waals surface area contributed by atoms with Gasteiger partial charge in [0.15, 0.2) is 0 Å². The Bertz CT molecular complexity index is 3180. The van der Waals surface area contributed by atoms with E-state index < -0.39 is 36.6 Å². The van der Waals surface area contributed by atoms with Crippen molar-refractivity contribution in [3.63, 3.8) is 0 Å². The van der Waals surface area contributed by atoms with Crippen molar-refractivity contribution in [3.05, 3.63) is 167 Å². The third kappa shape index (κ3) is 8.04. The van der Waals surface area contributed by atoms with Gasteiger partial charge < -0.3 is 5.11 Å². The van der Waals surface area contributed by atoms with Crippen LogP contribution in [0.25, 0.3) is 72.7 Å². The van der Waals surface area contributed by atoms with E-state index in [4.69, 9.17) is 19.6 Å². The lowest BCUT2D eigenvalue weighted by atomic mass is 9.83. The van der Waals surface area contributed by atoms with Gasteiger partial charge in [0, 0.05) is 27.0 Å². The van der Waals surface area contributed by atoms with Gasteiger partial charge in [0.1, 0.15) is 11.6 Å². The van der Waals surface area contributed by atoms with E-state index in [0.29, 0.717) is 28.6 Å². The Morgan fingerprint density at radius 3 is 2.08 bits per heavy atom. The van der Waals surface area contributed by atoms with Crippen LogP contribution in [0.1, 0.15) is 92.8 Å². The second kappa shape index (κ2) is 15.7. The fraction of sp³-hybridized carbons (Fsp3) is 0.250. The zero-order valence-corrected chi connectivity index (χ0v) is 36.0. The minimum Gasteiger partial charge on any atom is -0.507 e. The van der Waals surface area contributed by atoms with Gasteiger partial charge in [0.2, 0.25) is 0 Å². The number of aryl methyl sites for hydroxylation is 1. The highest BCUT2D eigenvalue weighted by Gasteiger charge is 2.26. The van der Waals surface area contributed by atoms with Gasteiger partial charge in [-0.05, 0) is 130 Å². The molecule has 0 aliphatic rings. The number of aromatic nitrogens is 3. The molecule has 0 aliphatic carbocycles. The molecule has 4 nitrogen and oxygen atoms in total. The molecule has 8 rings (SSSR count). The summed E-state index contributed by atoms with van der Waals surface area (Å²) in [6, 6.07) is 35.0. The second-order valence-electron chi connectivity index (χ2n) is 18.4. The van der Waals surface area contributed by atoms with Crippen LogP contribution in [0, 0.1) is 19.7 Å². The topological polar surface area (TPSA) is 50.9 Å². The van der Waals surface area contributed by atoms with Crippen molar-refractivity contribution in [2.45, 2.75) is 86.4 Å². The van der Waals surface area contributed by atoms with Gasteiger partial charge in [-0.3, -0.25) is 9.55 Å². The van der Waals surface area contributed by atoms with Crippen LogP contribution in [0.4, 0.5) is 0 Å². The number of hydrogen-bond acceptors (Lipinski definition) is 3. The smallest absolute Gasteiger partial charge is 0.149 e. The van der Waals surface area contributed by atoms with Gasteiger partial charge in [-0.25, -0.2) is 4.98 Å². The summed E-state index contributed by atoms with van der Waals surface area (Å²) in [5.41, 5.74) is 11.6. The summed E-state index contributed by atoms with van der Waals surface area (Å²) >= 11 is 0. The summed E-state index contributed by atoms with van der Waals surface area (Å²) in [6.45, 7) is 16.5. The van der Waals surface area contributed by atoms with E-state index in [1.807, 2.05) is 19.1 Å². The third-order valence-corrected chi connectivity index (χ3v) is 11.2. The highest BCUT2D eigenvalue weighted by atomic mass is 16.3. The Morgan fingerprint density at radius 2 is 1.38 bits per heavy atom. The first-order valence-corrected chi connectivity index (χ1v) is 20.7. The van der Waals surface area contributed by atoms with E-state index >= 15 is 0 Å². The van der Waals surface area contributed by atoms with E-state index in [2.05, 4.69) is 145 Å². The monoisotopic (exact) mass is 794 g/mol. The fourth-order valence-electron chi connectivity index (χ4n) is 7.93. The molecule has 0 saturated heterocycles. The second-order valence-corrected chi connectivity index (χ2v) is 18.4. The Morgan fingerprint density at radius 1 is 0.667 bits per heavy atom. The predicted molar refractivity (Wildman–Crippen MR) is 253 cm³/mol. The Balaban J connectivity index is 1.41. The van der Waals surface area contributed by atoms with Crippen molar-refractivity contribution < 1.29 is 14.7 Å². The fourth-order valence-corrected chi connectivity index (χ4v) is 7.93. The first-order valence-electron chi connectivity index (χ1n) is 24.2. The van der Waals surface area contributed by atoms with Gasteiger partial charge >= 0.3 is 0 Å². The number of benzene rings is 6. The summed E-state index contributed by atoms with van der Waals surface area (Å²) in [6.07, 6.45) is 2.49. The number of phenols is 1. The molecular formula is C56H57N3O. The summed E-state index contributed by atoms with van der Waals surface area (Å²) in [5.74, 6) is 1.23. The van der Waals surface area contributed by atoms with Crippen molar-refractivity contribution >= 4 is 11.0 Å². The Kier molecular flexibility index (Phi) is 8.54. The molecule has 302 valence electrons. The van der Waals surface area contributed by atoms with E-state index in [1.54, 1.807) is 18.3 Å². The first-order chi connectivity index (χ1) is 31.4.